The normalized spacial score (nSPS) is 20.6. The van der Waals surface area contributed by atoms with E-state index in [1.807, 2.05) is 12.1 Å². The summed E-state index contributed by atoms with van der Waals surface area (Å²) in [6.45, 7) is 5.14. The van der Waals surface area contributed by atoms with E-state index in [1.165, 1.54) is 5.56 Å². The van der Waals surface area contributed by atoms with Crippen molar-refractivity contribution in [2.75, 3.05) is 6.61 Å². The Bertz CT molecular complexity index is 360. The van der Waals surface area contributed by atoms with E-state index >= 15 is 0 Å². The van der Waals surface area contributed by atoms with Gasteiger partial charge in [0.2, 0.25) is 0 Å². The van der Waals surface area contributed by atoms with Gasteiger partial charge in [0.25, 0.3) is 0 Å². The number of fused-ring (bicyclic) bond motifs is 1. The zero-order valence-corrected chi connectivity index (χ0v) is 10.1. The van der Waals surface area contributed by atoms with Gasteiger partial charge >= 0.3 is 0 Å². The molecule has 0 bridgehead atoms. The van der Waals surface area contributed by atoms with Gasteiger partial charge in [-0.05, 0) is 42.0 Å². The molecule has 0 radical (unpaired) electrons. The number of aryl methyl sites for hydroxylation is 1. The first-order valence-electron chi connectivity index (χ1n) is 6.14. The van der Waals surface area contributed by atoms with Crippen LogP contribution in [0.4, 0.5) is 0 Å². The molecule has 2 nitrogen and oxygen atoms in total. The zero-order chi connectivity index (χ0) is 11.5. The van der Waals surface area contributed by atoms with Crippen LogP contribution in [0.15, 0.2) is 18.2 Å². The third-order valence-corrected chi connectivity index (χ3v) is 3.39. The van der Waals surface area contributed by atoms with E-state index < -0.39 is 0 Å². The molecular weight excluding hydrogens is 200 g/mol. The second kappa shape index (κ2) is 4.88. The Morgan fingerprint density at radius 3 is 3.06 bits per heavy atom. The summed E-state index contributed by atoms with van der Waals surface area (Å²) in [5.41, 5.74) is 2.32. The number of ether oxygens (including phenoxy) is 1. The highest BCUT2D eigenvalue weighted by atomic mass is 16.5. The quantitative estimate of drug-likeness (QED) is 0.845. The van der Waals surface area contributed by atoms with Crippen molar-refractivity contribution in [2.45, 2.75) is 39.2 Å². The van der Waals surface area contributed by atoms with Gasteiger partial charge in [0.05, 0.1) is 12.7 Å². The maximum Gasteiger partial charge on any atom is 0.119 e. The Labute approximate surface area is 97.3 Å². The number of aliphatic hydroxyl groups excluding tert-OH is 1. The zero-order valence-electron chi connectivity index (χ0n) is 10.1. The summed E-state index contributed by atoms with van der Waals surface area (Å²) in [6, 6.07) is 6.04. The molecule has 0 saturated carbocycles. The molecule has 1 unspecified atom stereocenters. The van der Waals surface area contributed by atoms with Crippen molar-refractivity contribution < 1.29 is 9.84 Å². The molecule has 0 fully saturated rings. The third kappa shape index (κ3) is 2.38. The fourth-order valence-corrected chi connectivity index (χ4v) is 2.02. The van der Waals surface area contributed by atoms with Gasteiger partial charge in [-0.3, -0.25) is 0 Å². The molecule has 2 heteroatoms. The molecule has 1 N–H and O–H groups in total. The molecule has 88 valence electrons. The minimum Gasteiger partial charge on any atom is -0.493 e. The van der Waals surface area contributed by atoms with Crippen molar-refractivity contribution in [3.63, 3.8) is 0 Å². The minimum absolute atomic E-state index is 0.265. The van der Waals surface area contributed by atoms with Crippen LogP contribution in [0, 0.1) is 5.92 Å². The molecule has 0 amide bonds. The van der Waals surface area contributed by atoms with Gasteiger partial charge in [-0.25, -0.2) is 0 Å². The Hall–Kier alpha value is -1.02. The molecule has 2 rings (SSSR count). The van der Waals surface area contributed by atoms with E-state index in [9.17, 15) is 5.11 Å². The third-order valence-electron chi connectivity index (χ3n) is 3.39. The fraction of sp³-hybridized carbons (Fsp3) is 0.571. The average Bonchev–Trinajstić information content (AvgIpc) is 2.67. The first-order valence-corrected chi connectivity index (χ1v) is 6.14. The summed E-state index contributed by atoms with van der Waals surface area (Å²) in [5, 5.41) is 9.69. The molecule has 16 heavy (non-hydrogen) atoms. The van der Waals surface area contributed by atoms with Crippen molar-refractivity contribution in [1.82, 2.24) is 0 Å². The number of aliphatic hydroxyl groups is 1. The number of hydrogen-bond donors (Lipinski definition) is 1. The summed E-state index contributed by atoms with van der Waals surface area (Å²) < 4.78 is 5.74. The molecule has 2 atom stereocenters. The molecule has 1 aliphatic rings. The van der Waals surface area contributed by atoms with Gasteiger partial charge in [0.15, 0.2) is 0 Å². The van der Waals surface area contributed by atoms with Crippen molar-refractivity contribution >= 4 is 0 Å². The van der Waals surface area contributed by atoms with Crippen LogP contribution in [-0.4, -0.2) is 11.7 Å². The second-order valence-corrected chi connectivity index (χ2v) is 4.74. The van der Waals surface area contributed by atoms with Crippen molar-refractivity contribution in [3.8, 4) is 5.75 Å². The van der Waals surface area contributed by atoms with Crippen molar-refractivity contribution in [3.05, 3.63) is 29.3 Å². The Balaban J connectivity index is 2.02. The van der Waals surface area contributed by atoms with Crippen LogP contribution in [0.2, 0.25) is 0 Å². The van der Waals surface area contributed by atoms with E-state index in [2.05, 4.69) is 19.9 Å². The summed E-state index contributed by atoms with van der Waals surface area (Å²) in [7, 11) is 0. The van der Waals surface area contributed by atoms with Crippen molar-refractivity contribution in [1.29, 1.82) is 0 Å². The minimum atomic E-state index is -0.265. The van der Waals surface area contributed by atoms with Gasteiger partial charge in [-0.2, -0.15) is 0 Å². The molecular formula is C14H20O2. The number of hydrogen-bond acceptors (Lipinski definition) is 2. The second-order valence-electron chi connectivity index (χ2n) is 4.74. The SMILES string of the molecule is CCC(C)COc1ccc2c(c1)CC[C@H]2O. The van der Waals surface area contributed by atoms with Gasteiger partial charge in [-0.15, -0.1) is 0 Å². The maximum absolute atomic E-state index is 9.69. The van der Waals surface area contributed by atoms with Gasteiger partial charge < -0.3 is 9.84 Å². The summed E-state index contributed by atoms with van der Waals surface area (Å²) in [4.78, 5) is 0. The average molecular weight is 220 g/mol. The lowest BCUT2D eigenvalue weighted by molar-refractivity contribution is 0.180. The topological polar surface area (TPSA) is 29.5 Å². The van der Waals surface area contributed by atoms with E-state index in [-0.39, 0.29) is 6.10 Å². The highest BCUT2D eigenvalue weighted by Crippen LogP contribution is 2.33. The molecule has 1 aromatic carbocycles. The summed E-state index contributed by atoms with van der Waals surface area (Å²) >= 11 is 0. The first kappa shape index (κ1) is 11.5. The molecule has 0 saturated heterocycles. The lowest BCUT2D eigenvalue weighted by Crippen LogP contribution is -2.07. The number of benzene rings is 1. The van der Waals surface area contributed by atoms with Crippen LogP contribution >= 0.6 is 0 Å². The van der Waals surface area contributed by atoms with Crippen molar-refractivity contribution in [2.24, 2.45) is 5.92 Å². The van der Waals surface area contributed by atoms with E-state index in [0.29, 0.717) is 5.92 Å². The predicted molar refractivity (Wildman–Crippen MR) is 64.7 cm³/mol. The molecule has 0 aliphatic heterocycles. The van der Waals surface area contributed by atoms with Crippen LogP contribution in [-0.2, 0) is 6.42 Å². The number of rotatable bonds is 4. The maximum atomic E-state index is 9.69. The highest BCUT2D eigenvalue weighted by molar-refractivity contribution is 5.39. The van der Waals surface area contributed by atoms with Gasteiger partial charge in [-0.1, -0.05) is 26.3 Å². The fourth-order valence-electron chi connectivity index (χ4n) is 2.02. The van der Waals surface area contributed by atoms with E-state index in [0.717, 1.165) is 37.2 Å². The molecule has 0 aromatic heterocycles. The van der Waals surface area contributed by atoms with Crippen LogP contribution in [0.5, 0.6) is 5.75 Å². The highest BCUT2D eigenvalue weighted by Gasteiger charge is 2.20. The predicted octanol–water partition coefficient (Wildman–Crippen LogP) is 3.09. The lowest BCUT2D eigenvalue weighted by atomic mass is 10.1. The van der Waals surface area contributed by atoms with E-state index in [4.69, 9.17) is 4.74 Å². The van der Waals surface area contributed by atoms with Crippen LogP contribution in [0.25, 0.3) is 0 Å². The summed E-state index contributed by atoms with van der Waals surface area (Å²) in [5.74, 6) is 1.53. The van der Waals surface area contributed by atoms with Gasteiger partial charge in [0, 0.05) is 0 Å². The largest absolute Gasteiger partial charge is 0.493 e. The smallest absolute Gasteiger partial charge is 0.119 e. The van der Waals surface area contributed by atoms with E-state index in [1.54, 1.807) is 0 Å². The van der Waals surface area contributed by atoms with Crippen LogP contribution in [0.3, 0.4) is 0 Å². The molecule has 1 aliphatic carbocycles. The summed E-state index contributed by atoms with van der Waals surface area (Å²) in [6.07, 6.45) is 2.70. The Morgan fingerprint density at radius 2 is 2.31 bits per heavy atom. The Kier molecular flexibility index (Phi) is 3.49. The molecule has 0 heterocycles. The van der Waals surface area contributed by atoms with Crippen LogP contribution < -0.4 is 4.74 Å². The molecule has 1 aromatic rings. The standard InChI is InChI=1S/C14H20O2/c1-3-10(2)9-16-12-5-6-13-11(8-12)4-7-14(13)15/h5-6,8,10,14-15H,3-4,7,9H2,1-2H3/t10?,14-/m1/s1. The van der Waals surface area contributed by atoms with Crippen LogP contribution in [0.1, 0.15) is 43.9 Å². The monoisotopic (exact) mass is 220 g/mol. The van der Waals surface area contributed by atoms with Gasteiger partial charge in [0.1, 0.15) is 5.75 Å². The lowest BCUT2D eigenvalue weighted by Gasteiger charge is -2.12. The Morgan fingerprint density at radius 1 is 1.50 bits per heavy atom. The molecule has 0 spiro atoms. The first-order chi connectivity index (χ1) is 7.70.